The molecule has 1 heterocycles. The molecule has 1 unspecified atom stereocenters. The molecule has 1 aliphatic heterocycles. The highest BCUT2D eigenvalue weighted by Crippen LogP contribution is 2.30. The van der Waals surface area contributed by atoms with Crippen molar-refractivity contribution in [3.05, 3.63) is 28.2 Å². The number of amides is 1. The molecule has 5 heteroatoms. The molecule has 1 saturated heterocycles. The van der Waals surface area contributed by atoms with Crippen molar-refractivity contribution in [1.82, 2.24) is 4.90 Å². The Bertz CT molecular complexity index is 509. The predicted molar refractivity (Wildman–Crippen MR) is 88.0 cm³/mol. The van der Waals surface area contributed by atoms with Crippen LogP contribution in [0.1, 0.15) is 18.9 Å². The number of nitrogens with zero attached hydrogens (tertiary/aromatic N) is 1. The van der Waals surface area contributed by atoms with Crippen molar-refractivity contribution in [3.8, 4) is 0 Å². The Labute approximate surface area is 133 Å². The smallest absolute Gasteiger partial charge is 0.232 e. The van der Waals surface area contributed by atoms with Crippen molar-refractivity contribution in [2.45, 2.75) is 25.2 Å². The van der Waals surface area contributed by atoms with Crippen molar-refractivity contribution in [1.29, 1.82) is 0 Å². The van der Waals surface area contributed by atoms with Crippen LogP contribution in [0.15, 0.2) is 27.6 Å². The molecule has 1 fully saturated rings. The maximum Gasteiger partial charge on any atom is 0.232 e. The summed E-state index contributed by atoms with van der Waals surface area (Å²) in [5.41, 5.74) is 7.09. The van der Waals surface area contributed by atoms with Gasteiger partial charge in [0, 0.05) is 22.5 Å². The number of benzene rings is 1. The number of nitrogens with two attached hydrogens (primary N) is 1. The molecule has 0 spiro atoms. The van der Waals surface area contributed by atoms with Gasteiger partial charge >= 0.3 is 0 Å². The van der Waals surface area contributed by atoms with Crippen molar-refractivity contribution in [3.63, 3.8) is 0 Å². The van der Waals surface area contributed by atoms with E-state index >= 15 is 0 Å². The van der Waals surface area contributed by atoms with E-state index in [2.05, 4.69) is 41.9 Å². The highest BCUT2D eigenvalue weighted by atomic mass is 79.9. The molecule has 1 amide bonds. The Morgan fingerprint density at radius 2 is 2.30 bits per heavy atom. The number of thioether (sulfide) groups is 1. The average molecular weight is 357 g/mol. The van der Waals surface area contributed by atoms with E-state index in [1.807, 2.05) is 11.0 Å². The molecule has 2 rings (SSSR count). The van der Waals surface area contributed by atoms with Crippen LogP contribution >= 0.6 is 27.7 Å². The summed E-state index contributed by atoms with van der Waals surface area (Å²) >= 11 is 5.07. The van der Waals surface area contributed by atoms with Gasteiger partial charge in [0.2, 0.25) is 5.91 Å². The van der Waals surface area contributed by atoms with Crippen LogP contribution in [-0.4, -0.2) is 36.2 Å². The van der Waals surface area contributed by atoms with Gasteiger partial charge in [-0.1, -0.05) is 22.9 Å². The van der Waals surface area contributed by atoms with Gasteiger partial charge in [-0.2, -0.15) is 0 Å². The summed E-state index contributed by atoms with van der Waals surface area (Å²) < 4.78 is 1.07. The first-order valence-corrected chi connectivity index (χ1v) is 8.58. The van der Waals surface area contributed by atoms with E-state index in [0.29, 0.717) is 12.3 Å². The zero-order valence-corrected chi connectivity index (χ0v) is 14.4. The van der Waals surface area contributed by atoms with Crippen LogP contribution in [-0.2, 0) is 4.79 Å². The topological polar surface area (TPSA) is 46.3 Å². The summed E-state index contributed by atoms with van der Waals surface area (Å²) in [6.07, 6.45) is 1.01. The van der Waals surface area contributed by atoms with Gasteiger partial charge in [-0.05, 0) is 49.1 Å². The molecule has 1 aromatic carbocycles. The molecule has 0 saturated carbocycles. The Morgan fingerprint density at radius 1 is 1.55 bits per heavy atom. The highest BCUT2D eigenvalue weighted by Gasteiger charge is 2.34. The third kappa shape index (κ3) is 3.77. The Morgan fingerprint density at radius 3 is 2.90 bits per heavy atom. The van der Waals surface area contributed by atoms with E-state index in [1.165, 1.54) is 10.5 Å². The molecule has 0 aliphatic carbocycles. The lowest BCUT2D eigenvalue weighted by Gasteiger charge is -2.22. The highest BCUT2D eigenvalue weighted by molar-refractivity contribution is 9.10. The van der Waals surface area contributed by atoms with Gasteiger partial charge in [0.05, 0.1) is 5.75 Å². The van der Waals surface area contributed by atoms with Crippen LogP contribution in [0, 0.1) is 12.3 Å². The summed E-state index contributed by atoms with van der Waals surface area (Å²) in [4.78, 5) is 15.4. The van der Waals surface area contributed by atoms with Gasteiger partial charge in [0.25, 0.3) is 0 Å². The monoisotopic (exact) mass is 356 g/mol. The van der Waals surface area contributed by atoms with Crippen LogP contribution in [0.5, 0.6) is 0 Å². The fourth-order valence-corrected chi connectivity index (χ4v) is 3.80. The zero-order valence-electron chi connectivity index (χ0n) is 12.0. The molecule has 2 N–H and O–H groups in total. The first-order chi connectivity index (χ1) is 9.43. The van der Waals surface area contributed by atoms with Gasteiger partial charge < -0.3 is 10.6 Å². The second-order valence-corrected chi connectivity index (χ2v) is 7.71. The van der Waals surface area contributed by atoms with E-state index < -0.39 is 0 Å². The minimum atomic E-state index is 0.105. The second kappa shape index (κ2) is 6.50. The second-order valence-electron chi connectivity index (χ2n) is 5.78. The molecule has 0 aromatic heterocycles. The van der Waals surface area contributed by atoms with Crippen LogP contribution in [0.25, 0.3) is 0 Å². The number of hydrogen-bond donors (Lipinski definition) is 1. The van der Waals surface area contributed by atoms with Crippen molar-refractivity contribution in [2.75, 3.05) is 25.4 Å². The molecule has 3 nitrogen and oxygen atoms in total. The lowest BCUT2D eigenvalue weighted by Crippen LogP contribution is -2.35. The Hall–Kier alpha value is -0.520. The van der Waals surface area contributed by atoms with E-state index in [0.717, 1.165) is 24.0 Å². The lowest BCUT2D eigenvalue weighted by molar-refractivity contribution is -0.127. The number of carbonyl (C=O) groups is 1. The summed E-state index contributed by atoms with van der Waals surface area (Å²) in [6.45, 7) is 6.51. The minimum Gasteiger partial charge on any atom is -0.341 e. The van der Waals surface area contributed by atoms with Crippen LogP contribution in [0.2, 0.25) is 0 Å². The molecule has 110 valence electrons. The standard InChI is InChI=1S/C15H21BrN2OS/c1-11-7-12(16)3-4-13(11)20-8-14(19)18-6-5-15(2,9-17)10-18/h3-4,7H,5-6,8-10,17H2,1-2H3. The van der Waals surface area contributed by atoms with Crippen LogP contribution < -0.4 is 5.73 Å². The van der Waals surface area contributed by atoms with Gasteiger partial charge in [-0.15, -0.1) is 11.8 Å². The van der Waals surface area contributed by atoms with E-state index in [-0.39, 0.29) is 11.3 Å². The Kier molecular flexibility index (Phi) is 5.15. The fourth-order valence-electron chi connectivity index (χ4n) is 2.41. The third-order valence-electron chi connectivity index (χ3n) is 3.89. The number of carbonyl (C=O) groups excluding carboxylic acids is 1. The van der Waals surface area contributed by atoms with Gasteiger partial charge in [-0.3, -0.25) is 4.79 Å². The molecule has 20 heavy (non-hydrogen) atoms. The summed E-state index contributed by atoms with van der Waals surface area (Å²) in [5.74, 6) is 0.720. The summed E-state index contributed by atoms with van der Waals surface area (Å²) in [7, 11) is 0. The van der Waals surface area contributed by atoms with Gasteiger partial charge in [0.15, 0.2) is 0 Å². The number of rotatable bonds is 4. The van der Waals surface area contributed by atoms with Gasteiger partial charge in [0.1, 0.15) is 0 Å². The van der Waals surface area contributed by atoms with E-state index in [9.17, 15) is 4.79 Å². The largest absolute Gasteiger partial charge is 0.341 e. The number of hydrogen-bond acceptors (Lipinski definition) is 3. The van der Waals surface area contributed by atoms with E-state index in [1.54, 1.807) is 11.8 Å². The normalized spacial score (nSPS) is 22.3. The lowest BCUT2D eigenvalue weighted by atomic mass is 9.90. The average Bonchev–Trinajstić information content (AvgIpc) is 2.81. The molecule has 1 aliphatic rings. The Balaban J connectivity index is 1.90. The van der Waals surface area contributed by atoms with Crippen molar-refractivity contribution in [2.24, 2.45) is 11.1 Å². The van der Waals surface area contributed by atoms with Crippen LogP contribution in [0.4, 0.5) is 0 Å². The van der Waals surface area contributed by atoms with Crippen LogP contribution in [0.3, 0.4) is 0 Å². The van der Waals surface area contributed by atoms with Crippen molar-refractivity contribution >= 4 is 33.6 Å². The molecule has 0 bridgehead atoms. The zero-order chi connectivity index (χ0) is 14.8. The quantitative estimate of drug-likeness (QED) is 0.843. The molecular weight excluding hydrogens is 336 g/mol. The minimum absolute atomic E-state index is 0.105. The molecule has 1 atom stereocenters. The van der Waals surface area contributed by atoms with E-state index in [4.69, 9.17) is 5.73 Å². The number of likely N-dealkylation sites (tertiary alicyclic amines) is 1. The molecular formula is C15H21BrN2OS. The SMILES string of the molecule is Cc1cc(Br)ccc1SCC(=O)N1CCC(C)(CN)C1. The van der Waals surface area contributed by atoms with Crippen molar-refractivity contribution < 1.29 is 4.79 Å². The number of aryl methyl sites for hydroxylation is 1. The first kappa shape index (κ1) is 15.9. The van der Waals surface area contributed by atoms with Gasteiger partial charge in [-0.25, -0.2) is 0 Å². The fraction of sp³-hybridized carbons (Fsp3) is 0.533. The summed E-state index contributed by atoms with van der Waals surface area (Å²) in [6, 6.07) is 6.15. The number of halogens is 1. The maximum absolute atomic E-state index is 12.3. The summed E-state index contributed by atoms with van der Waals surface area (Å²) in [5, 5.41) is 0. The maximum atomic E-state index is 12.3. The third-order valence-corrected chi connectivity index (χ3v) is 5.55. The first-order valence-electron chi connectivity index (χ1n) is 6.80. The molecule has 0 radical (unpaired) electrons. The molecule has 1 aromatic rings. The predicted octanol–water partition coefficient (Wildman–Crippen LogP) is 3.05.